The van der Waals surface area contributed by atoms with E-state index in [-0.39, 0.29) is 22.8 Å². The first-order valence-electron chi connectivity index (χ1n) is 9.41. The molecular formula is C23H17F2N3O2S. The Morgan fingerprint density at radius 3 is 2.35 bits per heavy atom. The molecule has 0 bridgehead atoms. The minimum absolute atomic E-state index is 0.00574. The Morgan fingerprint density at radius 1 is 0.968 bits per heavy atom. The van der Waals surface area contributed by atoms with Crippen molar-refractivity contribution in [3.05, 3.63) is 94.8 Å². The maximum Gasteiger partial charge on any atom is 0.266 e. The van der Waals surface area contributed by atoms with E-state index in [1.807, 2.05) is 18.2 Å². The number of amides is 1. The minimum atomic E-state index is -2.56. The number of halogens is 2. The number of aromatic nitrogens is 2. The van der Waals surface area contributed by atoms with E-state index in [4.69, 9.17) is 0 Å². The lowest BCUT2D eigenvalue weighted by Crippen LogP contribution is -2.22. The van der Waals surface area contributed by atoms with E-state index < -0.39 is 6.43 Å². The number of carbonyl (C=O) groups excluding carboxylic acids is 1. The zero-order chi connectivity index (χ0) is 21.8. The molecule has 0 saturated carbocycles. The second-order valence-corrected chi connectivity index (χ2v) is 7.59. The van der Waals surface area contributed by atoms with Gasteiger partial charge >= 0.3 is 0 Å². The molecule has 0 saturated heterocycles. The normalized spacial score (nSPS) is 11.1. The zero-order valence-electron chi connectivity index (χ0n) is 16.2. The van der Waals surface area contributed by atoms with Crippen LogP contribution in [0.5, 0.6) is 0 Å². The highest BCUT2D eigenvalue weighted by Gasteiger charge is 2.15. The van der Waals surface area contributed by atoms with Crippen molar-refractivity contribution in [2.24, 2.45) is 0 Å². The number of nitrogens with zero attached hydrogens (tertiary/aromatic N) is 2. The van der Waals surface area contributed by atoms with Crippen LogP contribution in [-0.4, -0.2) is 21.2 Å². The molecule has 0 radical (unpaired) electrons. The summed E-state index contributed by atoms with van der Waals surface area (Å²) in [6.07, 6.45) is -2.56. The fourth-order valence-corrected chi connectivity index (χ4v) is 3.87. The van der Waals surface area contributed by atoms with Crippen LogP contribution >= 0.6 is 11.8 Å². The molecule has 4 aromatic rings. The van der Waals surface area contributed by atoms with Crippen molar-refractivity contribution in [2.45, 2.75) is 11.6 Å². The number of para-hydroxylation sites is 2. The molecule has 31 heavy (non-hydrogen) atoms. The van der Waals surface area contributed by atoms with Gasteiger partial charge in [-0.2, -0.15) is 0 Å². The maximum atomic E-state index is 13.1. The Hall–Kier alpha value is -3.52. The lowest BCUT2D eigenvalue weighted by molar-refractivity contribution is -0.113. The van der Waals surface area contributed by atoms with Gasteiger partial charge in [-0.3, -0.25) is 14.2 Å². The molecule has 8 heteroatoms. The van der Waals surface area contributed by atoms with Gasteiger partial charge in [0.05, 0.1) is 22.3 Å². The number of nitrogens with one attached hydrogen (secondary N) is 1. The van der Waals surface area contributed by atoms with Gasteiger partial charge in [0, 0.05) is 11.3 Å². The van der Waals surface area contributed by atoms with Gasteiger partial charge < -0.3 is 5.32 Å². The van der Waals surface area contributed by atoms with Crippen LogP contribution in [0.1, 0.15) is 12.0 Å². The first kappa shape index (κ1) is 20.7. The minimum Gasteiger partial charge on any atom is -0.325 e. The van der Waals surface area contributed by atoms with E-state index in [1.54, 1.807) is 36.4 Å². The van der Waals surface area contributed by atoms with E-state index in [0.29, 0.717) is 27.4 Å². The number of alkyl halides is 2. The monoisotopic (exact) mass is 437 g/mol. The quantitative estimate of drug-likeness (QED) is 0.339. The number of anilines is 1. The summed E-state index contributed by atoms with van der Waals surface area (Å²) in [5, 5.41) is 3.54. The molecule has 5 nitrogen and oxygen atoms in total. The van der Waals surface area contributed by atoms with Crippen LogP contribution in [0.3, 0.4) is 0 Å². The Morgan fingerprint density at radius 2 is 1.65 bits per heavy atom. The summed E-state index contributed by atoms with van der Waals surface area (Å²) in [4.78, 5) is 30.1. The maximum absolute atomic E-state index is 13.1. The van der Waals surface area contributed by atoms with Crippen molar-refractivity contribution in [1.29, 1.82) is 0 Å². The molecule has 1 N–H and O–H groups in total. The first-order valence-corrected chi connectivity index (χ1v) is 10.4. The van der Waals surface area contributed by atoms with Crippen LogP contribution in [0.15, 0.2) is 88.8 Å². The van der Waals surface area contributed by atoms with Crippen molar-refractivity contribution >= 4 is 34.3 Å². The Balaban J connectivity index is 1.59. The van der Waals surface area contributed by atoms with E-state index in [9.17, 15) is 18.4 Å². The Kier molecular flexibility index (Phi) is 6.08. The van der Waals surface area contributed by atoms with E-state index in [0.717, 1.165) is 11.8 Å². The summed E-state index contributed by atoms with van der Waals surface area (Å²) in [7, 11) is 0. The predicted molar refractivity (Wildman–Crippen MR) is 118 cm³/mol. The van der Waals surface area contributed by atoms with Gasteiger partial charge in [0.2, 0.25) is 5.91 Å². The predicted octanol–water partition coefficient (Wildman–Crippen LogP) is 5.05. The zero-order valence-corrected chi connectivity index (χ0v) is 17.0. The fourth-order valence-electron chi connectivity index (χ4n) is 3.05. The van der Waals surface area contributed by atoms with E-state index >= 15 is 0 Å². The van der Waals surface area contributed by atoms with Crippen LogP contribution in [0.4, 0.5) is 14.5 Å². The third-order valence-electron chi connectivity index (χ3n) is 4.54. The highest BCUT2D eigenvalue weighted by molar-refractivity contribution is 7.99. The summed E-state index contributed by atoms with van der Waals surface area (Å²) >= 11 is 1.13. The highest BCUT2D eigenvalue weighted by atomic mass is 32.2. The standard InChI is InChI=1S/C23H17F2N3O2S/c24-21(25)15-10-12-16(13-11-15)26-20(29)14-31-23-27-19-9-5-4-8-18(19)22(30)28(23)17-6-2-1-3-7-17/h1-13,21H,14H2,(H,26,29). The summed E-state index contributed by atoms with van der Waals surface area (Å²) in [5.74, 6) is -0.342. The molecule has 1 aromatic heterocycles. The molecule has 0 spiro atoms. The van der Waals surface area contributed by atoms with Gasteiger partial charge in [-0.15, -0.1) is 0 Å². The number of hydrogen-bond acceptors (Lipinski definition) is 4. The average Bonchev–Trinajstić information content (AvgIpc) is 2.79. The van der Waals surface area contributed by atoms with Crippen molar-refractivity contribution in [1.82, 2.24) is 9.55 Å². The number of thioether (sulfide) groups is 1. The molecule has 3 aromatic carbocycles. The summed E-state index contributed by atoms with van der Waals surface area (Å²) in [5.41, 5.74) is 1.28. The highest BCUT2D eigenvalue weighted by Crippen LogP contribution is 2.23. The van der Waals surface area contributed by atoms with Crippen LogP contribution in [0, 0.1) is 0 Å². The van der Waals surface area contributed by atoms with Crippen LogP contribution in [-0.2, 0) is 4.79 Å². The summed E-state index contributed by atoms with van der Waals surface area (Å²) < 4.78 is 26.8. The number of hydrogen-bond donors (Lipinski definition) is 1. The lowest BCUT2D eigenvalue weighted by atomic mass is 10.2. The second kappa shape index (κ2) is 9.09. The molecule has 0 aliphatic heterocycles. The molecule has 156 valence electrons. The van der Waals surface area contributed by atoms with Crippen molar-refractivity contribution in [2.75, 3.05) is 11.1 Å². The molecule has 0 atom stereocenters. The molecule has 0 aliphatic carbocycles. The Labute approximate surface area is 180 Å². The van der Waals surface area contributed by atoms with Gasteiger partial charge in [-0.25, -0.2) is 13.8 Å². The molecule has 1 heterocycles. The summed E-state index contributed by atoms with van der Waals surface area (Å²) in [6.45, 7) is 0. The van der Waals surface area contributed by atoms with Gasteiger partial charge in [0.25, 0.3) is 12.0 Å². The third-order valence-corrected chi connectivity index (χ3v) is 5.48. The third kappa shape index (κ3) is 4.64. The van der Waals surface area contributed by atoms with Gasteiger partial charge in [0.1, 0.15) is 0 Å². The number of carbonyl (C=O) groups is 1. The lowest BCUT2D eigenvalue weighted by Gasteiger charge is -2.13. The topological polar surface area (TPSA) is 64.0 Å². The molecule has 0 unspecified atom stereocenters. The van der Waals surface area contributed by atoms with Crippen LogP contribution < -0.4 is 10.9 Å². The molecule has 1 amide bonds. The van der Waals surface area contributed by atoms with Crippen molar-refractivity contribution in [3.63, 3.8) is 0 Å². The molecular weight excluding hydrogens is 420 g/mol. The molecule has 0 aliphatic rings. The second-order valence-electron chi connectivity index (χ2n) is 6.65. The first-order chi connectivity index (χ1) is 15.0. The smallest absolute Gasteiger partial charge is 0.266 e. The van der Waals surface area contributed by atoms with Gasteiger partial charge in [-0.05, 0) is 36.4 Å². The SMILES string of the molecule is O=C(CSc1nc2ccccc2c(=O)n1-c1ccccc1)Nc1ccc(C(F)F)cc1. The van der Waals surface area contributed by atoms with Crippen molar-refractivity contribution in [3.8, 4) is 5.69 Å². The largest absolute Gasteiger partial charge is 0.325 e. The van der Waals surface area contributed by atoms with E-state index in [1.165, 1.54) is 28.8 Å². The number of fused-ring (bicyclic) bond motifs is 1. The Bertz CT molecular complexity index is 1280. The fraction of sp³-hybridized carbons (Fsp3) is 0.0870. The van der Waals surface area contributed by atoms with Gasteiger partial charge in [-0.1, -0.05) is 54.2 Å². The number of benzene rings is 3. The van der Waals surface area contributed by atoms with Crippen molar-refractivity contribution < 1.29 is 13.6 Å². The average molecular weight is 437 g/mol. The summed E-state index contributed by atoms with van der Waals surface area (Å²) in [6, 6.07) is 21.5. The number of rotatable bonds is 6. The molecule has 4 rings (SSSR count). The van der Waals surface area contributed by atoms with Crippen LogP contribution in [0.2, 0.25) is 0 Å². The van der Waals surface area contributed by atoms with Crippen LogP contribution in [0.25, 0.3) is 16.6 Å². The molecule has 0 fully saturated rings. The van der Waals surface area contributed by atoms with Gasteiger partial charge in [0.15, 0.2) is 5.16 Å². The van der Waals surface area contributed by atoms with E-state index in [2.05, 4.69) is 10.3 Å².